The highest BCUT2D eigenvalue weighted by molar-refractivity contribution is 7.87. The Hall–Kier alpha value is -3.52. The van der Waals surface area contributed by atoms with E-state index in [0.717, 1.165) is 12.1 Å². The molecule has 0 saturated carbocycles. The van der Waals surface area contributed by atoms with Crippen molar-refractivity contribution in [2.45, 2.75) is 24.5 Å². The summed E-state index contributed by atoms with van der Waals surface area (Å²) in [5, 5.41) is 8.17. The number of carboxylic acids is 1. The van der Waals surface area contributed by atoms with Crippen LogP contribution in [-0.2, 0) is 33.5 Å². The highest BCUT2D eigenvalue weighted by Crippen LogP contribution is 2.38. The Morgan fingerprint density at radius 2 is 1.84 bits per heavy atom. The van der Waals surface area contributed by atoms with Crippen LogP contribution in [0.5, 0.6) is 0 Å². The Morgan fingerprint density at radius 3 is 2.44 bits per heavy atom. The van der Waals surface area contributed by atoms with Crippen LogP contribution in [0.1, 0.15) is 34.8 Å². The van der Waals surface area contributed by atoms with Crippen LogP contribution < -0.4 is 0 Å². The lowest BCUT2D eigenvalue weighted by Crippen LogP contribution is -2.45. The SMILES string of the molecule is CC1(OC(=O)CC(=O)O)C=Cc2cccc3c2C(=C1)C(=O)N(OS(=O)(=O)C(F)(F)F)C3=O. The van der Waals surface area contributed by atoms with Crippen molar-refractivity contribution >= 4 is 45.5 Å². The lowest BCUT2D eigenvalue weighted by Gasteiger charge is -2.29. The molecule has 0 saturated heterocycles. The van der Waals surface area contributed by atoms with Gasteiger partial charge in [0.1, 0.15) is 12.0 Å². The first-order valence-electron chi connectivity index (χ1n) is 8.54. The minimum Gasteiger partial charge on any atom is -0.481 e. The lowest BCUT2D eigenvalue weighted by atomic mass is 9.90. The predicted molar refractivity (Wildman–Crippen MR) is 97.4 cm³/mol. The molecule has 1 heterocycles. The summed E-state index contributed by atoms with van der Waals surface area (Å²) in [6.07, 6.45) is 2.53. The van der Waals surface area contributed by atoms with E-state index in [9.17, 15) is 40.8 Å². The van der Waals surface area contributed by atoms with E-state index in [1.54, 1.807) is 0 Å². The van der Waals surface area contributed by atoms with Crippen molar-refractivity contribution in [1.82, 2.24) is 5.06 Å². The molecule has 1 atom stereocenters. The van der Waals surface area contributed by atoms with Gasteiger partial charge in [-0.3, -0.25) is 19.2 Å². The largest absolute Gasteiger partial charge is 0.525 e. The van der Waals surface area contributed by atoms with E-state index < -0.39 is 62.0 Å². The van der Waals surface area contributed by atoms with Crippen molar-refractivity contribution in [3.63, 3.8) is 0 Å². The molecule has 14 heteroatoms. The zero-order valence-corrected chi connectivity index (χ0v) is 16.7. The van der Waals surface area contributed by atoms with Gasteiger partial charge in [-0.1, -0.05) is 18.2 Å². The first-order chi connectivity index (χ1) is 14.7. The van der Waals surface area contributed by atoms with Crippen molar-refractivity contribution in [2.24, 2.45) is 0 Å². The summed E-state index contributed by atoms with van der Waals surface area (Å²) >= 11 is 0. The van der Waals surface area contributed by atoms with E-state index >= 15 is 0 Å². The Kier molecular flexibility index (Phi) is 5.47. The fourth-order valence-corrected chi connectivity index (χ4v) is 3.42. The molecule has 1 unspecified atom stereocenters. The minimum atomic E-state index is -6.37. The van der Waals surface area contributed by atoms with Crippen LogP contribution >= 0.6 is 0 Å². The highest BCUT2D eigenvalue weighted by Gasteiger charge is 2.52. The maximum atomic E-state index is 12.8. The summed E-state index contributed by atoms with van der Waals surface area (Å²) in [7, 11) is -6.37. The molecule has 1 aromatic rings. The summed E-state index contributed by atoms with van der Waals surface area (Å²) < 4.78 is 69.9. The molecule has 1 aliphatic carbocycles. The van der Waals surface area contributed by atoms with Crippen molar-refractivity contribution < 1.29 is 54.9 Å². The molecule has 32 heavy (non-hydrogen) atoms. The average Bonchev–Trinajstić information content (AvgIpc) is 2.79. The van der Waals surface area contributed by atoms with Gasteiger partial charge in [-0.2, -0.15) is 21.6 Å². The third-order valence-corrected chi connectivity index (χ3v) is 5.22. The van der Waals surface area contributed by atoms with E-state index in [2.05, 4.69) is 4.28 Å². The number of carbonyl (C=O) groups is 4. The Morgan fingerprint density at radius 1 is 1.19 bits per heavy atom. The molecular formula is C18H12F3NO9S. The van der Waals surface area contributed by atoms with Crippen molar-refractivity contribution in [2.75, 3.05) is 0 Å². The van der Waals surface area contributed by atoms with Crippen LogP contribution in [0.4, 0.5) is 13.2 Å². The molecule has 2 aliphatic rings. The second-order valence-electron chi connectivity index (χ2n) is 6.77. The van der Waals surface area contributed by atoms with Gasteiger partial charge < -0.3 is 9.84 Å². The second kappa shape index (κ2) is 7.56. The lowest BCUT2D eigenvalue weighted by molar-refractivity contribution is -0.156. The standard InChI is InChI=1S/C18H12F3NO9S/c1-17(30-13(25)7-12(23)24)6-5-9-3-2-4-10-14(9)11(8-17)16(27)22(15(10)26)31-32(28,29)18(19,20)21/h2-6,8H,7H2,1H3,(H,23,24). The maximum Gasteiger partial charge on any atom is 0.525 e. The van der Waals surface area contributed by atoms with Crippen molar-refractivity contribution in [3.8, 4) is 0 Å². The Labute approximate surface area is 177 Å². The number of carbonyl (C=O) groups excluding carboxylic acids is 3. The first kappa shape index (κ1) is 23.1. The van der Waals surface area contributed by atoms with E-state index in [1.807, 2.05) is 0 Å². The number of benzene rings is 1. The zero-order valence-electron chi connectivity index (χ0n) is 15.9. The van der Waals surface area contributed by atoms with E-state index in [-0.39, 0.29) is 16.7 Å². The molecule has 1 N–H and O–H groups in total. The molecule has 1 aliphatic heterocycles. The third kappa shape index (κ3) is 4.13. The van der Waals surface area contributed by atoms with Crippen molar-refractivity contribution in [1.29, 1.82) is 0 Å². The summed E-state index contributed by atoms with van der Waals surface area (Å²) in [4.78, 5) is 48.0. The van der Waals surface area contributed by atoms with Crippen LogP contribution in [-0.4, -0.2) is 53.4 Å². The topological polar surface area (TPSA) is 144 Å². The number of esters is 1. The maximum absolute atomic E-state index is 12.8. The molecule has 2 amide bonds. The number of hydrogen-bond acceptors (Lipinski definition) is 8. The molecule has 1 aromatic carbocycles. The molecule has 0 aromatic heterocycles. The smallest absolute Gasteiger partial charge is 0.481 e. The second-order valence-corrected chi connectivity index (χ2v) is 8.29. The monoisotopic (exact) mass is 475 g/mol. The van der Waals surface area contributed by atoms with Gasteiger partial charge in [0, 0.05) is 5.56 Å². The van der Waals surface area contributed by atoms with E-state index in [4.69, 9.17) is 9.84 Å². The molecule has 3 rings (SSSR count). The van der Waals surface area contributed by atoms with E-state index in [0.29, 0.717) is 0 Å². The van der Waals surface area contributed by atoms with Crippen LogP contribution in [0.2, 0.25) is 0 Å². The van der Waals surface area contributed by atoms with Gasteiger partial charge in [0.25, 0.3) is 11.8 Å². The molecule has 0 fully saturated rings. The molecule has 10 nitrogen and oxygen atoms in total. The number of aliphatic carboxylic acids is 1. The number of carboxylic acid groups (broad SMARTS) is 1. The molecular weight excluding hydrogens is 463 g/mol. The number of hydroxylamine groups is 2. The zero-order chi connectivity index (χ0) is 24.1. The van der Waals surface area contributed by atoms with E-state index in [1.165, 1.54) is 31.2 Å². The van der Waals surface area contributed by atoms with Crippen LogP contribution in [0, 0.1) is 0 Å². The molecule has 170 valence electrons. The third-order valence-electron chi connectivity index (χ3n) is 4.31. The van der Waals surface area contributed by atoms with Gasteiger partial charge in [-0.15, -0.1) is 9.35 Å². The number of amides is 2. The van der Waals surface area contributed by atoms with Gasteiger partial charge in [0.2, 0.25) is 0 Å². The number of alkyl halides is 3. The van der Waals surface area contributed by atoms with Gasteiger partial charge >= 0.3 is 27.6 Å². The molecule has 0 bridgehead atoms. The summed E-state index contributed by atoms with van der Waals surface area (Å²) in [5.74, 6) is -5.71. The molecule has 0 radical (unpaired) electrons. The quantitative estimate of drug-likeness (QED) is 0.291. The van der Waals surface area contributed by atoms with Crippen LogP contribution in [0.15, 0.2) is 30.4 Å². The Balaban J connectivity index is 2.13. The van der Waals surface area contributed by atoms with Crippen LogP contribution in [0.25, 0.3) is 11.6 Å². The number of nitrogens with zero attached hydrogens (tertiary/aromatic N) is 1. The Bertz CT molecular complexity index is 1220. The summed E-state index contributed by atoms with van der Waals surface area (Å²) in [6, 6.07) is 3.89. The highest BCUT2D eigenvalue weighted by atomic mass is 32.2. The average molecular weight is 475 g/mol. The fourth-order valence-electron chi connectivity index (χ4n) is 3.01. The summed E-state index contributed by atoms with van der Waals surface area (Å²) in [5.41, 5.74) is -8.37. The summed E-state index contributed by atoms with van der Waals surface area (Å²) in [6.45, 7) is 1.24. The number of imide groups is 1. The van der Waals surface area contributed by atoms with Gasteiger partial charge in [0.15, 0.2) is 0 Å². The van der Waals surface area contributed by atoms with Crippen molar-refractivity contribution in [3.05, 3.63) is 47.0 Å². The number of halogens is 3. The van der Waals surface area contributed by atoms with Crippen LogP contribution in [0.3, 0.4) is 0 Å². The predicted octanol–water partition coefficient (Wildman–Crippen LogP) is 1.64. The minimum absolute atomic E-state index is 0.0546. The normalized spacial score (nSPS) is 20.4. The first-order valence-corrected chi connectivity index (χ1v) is 9.95. The molecule has 0 spiro atoms. The number of ether oxygens (including phenoxy) is 1. The fraction of sp³-hybridized carbons (Fsp3) is 0.222. The number of hydrogen-bond donors (Lipinski definition) is 1. The van der Waals surface area contributed by atoms with Gasteiger partial charge in [-0.05, 0) is 30.7 Å². The van der Waals surface area contributed by atoms with Gasteiger partial charge in [-0.25, -0.2) is 0 Å². The van der Waals surface area contributed by atoms with Gasteiger partial charge in [0.05, 0.1) is 11.1 Å². The number of rotatable bonds is 5.